The summed E-state index contributed by atoms with van der Waals surface area (Å²) in [5.41, 5.74) is 8.21. The lowest BCUT2D eigenvalue weighted by Gasteiger charge is -2.26. The van der Waals surface area contributed by atoms with E-state index in [1.165, 1.54) is 0 Å². The van der Waals surface area contributed by atoms with Crippen LogP contribution in [0.3, 0.4) is 0 Å². The SMILES string of the molecule is Cl.Cl.NC(CC(=O)Nc1ccc(C(=O)NCCN2CCOCC2)cc1)c1ccccc1. The maximum Gasteiger partial charge on any atom is 0.251 e. The summed E-state index contributed by atoms with van der Waals surface area (Å²) >= 11 is 0. The van der Waals surface area contributed by atoms with E-state index < -0.39 is 0 Å². The molecular weight excluding hydrogens is 439 g/mol. The Labute approximate surface area is 195 Å². The maximum absolute atomic E-state index is 12.3. The third-order valence-electron chi connectivity index (χ3n) is 4.88. The van der Waals surface area contributed by atoms with Crippen molar-refractivity contribution in [3.05, 3.63) is 65.7 Å². The molecule has 0 saturated carbocycles. The number of anilines is 1. The fraction of sp³-hybridized carbons (Fsp3) is 0.364. The topological polar surface area (TPSA) is 96.7 Å². The minimum absolute atomic E-state index is 0. The minimum Gasteiger partial charge on any atom is -0.379 e. The van der Waals surface area contributed by atoms with Crippen molar-refractivity contribution in [2.75, 3.05) is 44.7 Å². The van der Waals surface area contributed by atoms with Crippen LogP contribution in [0.4, 0.5) is 5.69 Å². The number of morpholine rings is 1. The predicted molar refractivity (Wildman–Crippen MR) is 127 cm³/mol. The lowest BCUT2D eigenvalue weighted by atomic mass is 10.0. The summed E-state index contributed by atoms with van der Waals surface area (Å²) in [6.07, 6.45) is 0.188. The molecule has 1 fully saturated rings. The van der Waals surface area contributed by atoms with Crippen LogP contribution in [0.2, 0.25) is 0 Å². The van der Waals surface area contributed by atoms with E-state index in [4.69, 9.17) is 10.5 Å². The molecule has 1 atom stereocenters. The number of nitrogens with two attached hydrogens (primary N) is 1. The van der Waals surface area contributed by atoms with E-state index in [0.717, 1.165) is 38.4 Å². The Balaban J connectivity index is 0.00000240. The monoisotopic (exact) mass is 468 g/mol. The van der Waals surface area contributed by atoms with Crippen molar-refractivity contribution in [3.8, 4) is 0 Å². The van der Waals surface area contributed by atoms with Gasteiger partial charge in [0.15, 0.2) is 0 Å². The van der Waals surface area contributed by atoms with E-state index in [1.54, 1.807) is 24.3 Å². The van der Waals surface area contributed by atoms with Crippen molar-refractivity contribution in [1.82, 2.24) is 10.2 Å². The normalized spacial score (nSPS) is 14.5. The van der Waals surface area contributed by atoms with Crippen LogP contribution < -0.4 is 16.4 Å². The first-order valence-corrected chi connectivity index (χ1v) is 9.90. The highest BCUT2D eigenvalue weighted by Crippen LogP contribution is 2.15. The summed E-state index contributed by atoms with van der Waals surface area (Å²) in [4.78, 5) is 26.8. The van der Waals surface area contributed by atoms with Gasteiger partial charge in [-0.25, -0.2) is 0 Å². The molecule has 0 radical (unpaired) electrons. The van der Waals surface area contributed by atoms with Gasteiger partial charge in [0.2, 0.25) is 5.91 Å². The Kier molecular flexibility index (Phi) is 12.1. The molecule has 0 aromatic heterocycles. The molecule has 4 N–H and O–H groups in total. The highest BCUT2D eigenvalue weighted by Gasteiger charge is 2.13. The summed E-state index contributed by atoms with van der Waals surface area (Å²) < 4.78 is 5.31. The molecule has 1 saturated heterocycles. The smallest absolute Gasteiger partial charge is 0.251 e. The first kappa shape index (κ1) is 26.9. The van der Waals surface area contributed by atoms with E-state index in [0.29, 0.717) is 17.8 Å². The zero-order chi connectivity index (χ0) is 20.5. The van der Waals surface area contributed by atoms with Crippen molar-refractivity contribution in [2.45, 2.75) is 12.5 Å². The molecule has 2 aromatic rings. The zero-order valence-electron chi connectivity index (χ0n) is 17.3. The molecule has 31 heavy (non-hydrogen) atoms. The van der Waals surface area contributed by atoms with Gasteiger partial charge in [-0.3, -0.25) is 14.5 Å². The molecule has 2 amide bonds. The van der Waals surface area contributed by atoms with Gasteiger partial charge >= 0.3 is 0 Å². The number of hydrogen-bond donors (Lipinski definition) is 3. The molecule has 170 valence electrons. The van der Waals surface area contributed by atoms with Crippen LogP contribution in [0, 0.1) is 0 Å². The Morgan fingerprint density at radius 1 is 1.00 bits per heavy atom. The highest BCUT2D eigenvalue weighted by molar-refractivity contribution is 5.95. The van der Waals surface area contributed by atoms with Crippen LogP contribution in [-0.4, -0.2) is 56.1 Å². The van der Waals surface area contributed by atoms with Gasteiger partial charge in [0.25, 0.3) is 5.91 Å². The van der Waals surface area contributed by atoms with Gasteiger partial charge in [-0.2, -0.15) is 0 Å². The van der Waals surface area contributed by atoms with Crippen LogP contribution in [0.1, 0.15) is 28.4 Å². The summed E-state index contributed by atoms with van der Waals surface area (Å²) in [5, 5.41) is 5.75. The van der Waals surface area contributed by atoms with Gasteiger partial charge < -0.3 is 21.1 Å². The van der Waals surface area contributed by atoms with Crippen LogP contribution in [-0.2, 0) is 9.53 Å². The molecule has 9 heteroatoms. The Hall–Kier alpha value is -2.16. The van der Waals surface area contributed by atoms with E-state index in [-0.39, 0.29) is 49.1 Å². The summed E-state index contributed by atoms with van der Waals surface area (Å²) in [6.45, 7) is 4.70. The van der Waals surface area contributed by atoms with Crippen molar-refractivity contribution in [3.63, 3.8) is 0 Å². The molecule has 1 aliphatic rings. The van der Waals surface area contributed by atoms with Crippen LogP contribution >= 0.6 is 24.8 Å². The Morgan fingerprint density at radius 3 is 2.29 bits per heavy atom. The number of hydrogen-bond acceptors (Lipinski definition) is 5. The first-order chi connectivity index (χ1) is 14.1. The fourth-order valence-corrected chi connectivity index (χ4v) is 3.19. The van der Waals surface area contributed by atoms with E-state index in [9.17, 15) is 9.59 Å². The molecule has 2 aromatic carbocycles. The largest absolute Gasteiger partial charge is 0.379 e. The number of nitrogens with one attached hydrogen (secondary N) is 2. The third-order valence-corrected chi connectivity index (χ3v) is 4.88. The van der Waals surface area contributed by atoms with Gasteiger partial charge in [0.05, 0.1) is 13.2 Å². The standard InChI is InChI=1S/C22H28N4O3.2ClH/c23-20(17-4-2-1-3-5-17)16-21(27)25-19-8-6-18(7-9-19)22(28)24-10-11-26-12-14-29-15-13-26;;/h1-9,20H,10-16,23H2,(H,24,28)(H,25,27);2*1H. The van der Waals surface area contributed by atoms with Crippen molar-refractivity contribution in [1.29, 1.82) is 0 Å². The Bertz CT molecular complexity index is 800. The second kappa shape index (κ2) is 14.0. The van der Waals surface area contributed by atoms with E-state index in [1.807, 2.05) is 30.3 Å². The Morgan fingerprint density at radius 2 is 1.65 bits per heavy atom. The predicted octanol–water partition coefficient (Wildman–Crippen LogP) is 2.62. The summed E-state index contributed by atoms with van der Waals surface area (Å²) in [7, 11) is 0. The van der Waals surface area contributed by atoms with E-state index in [2.05, 4.69) is 15.5 Å². The molecule has 0 spiro atoms. The second-order valence-corrected chi connectivity index (χ2v) is 7.06. The van der Waals surface area contributed by atoms with Crippen molar-refractivity contribution < 1.29 is 14.3 Å². The van der Waals surface area contributed by atoms with Crippen molar-refractivity contribution in [2.24, 2.45) is 5.73 Å². The number of carbonyl (C=O) groups excluding carboxylic acids is 2. The van der Waals surface area contributed by atoms with Gasteiger partial charge in [-0.05, 0) is 29.8 Å². The molecule has 0 aliphatic carbocycles. The fourth-order valence-electron chi connectivity index (χ4n) is 3.19. The first-order valence-electron chi connectivity index (χ1n) is 9.90. The zero-order valence-corrected chi connectivity index (χ0v) is 18.9. The van der Waals surface area contributed by atoms with Gasteiger partial charge in [-0.15, -0.1) is 24.8 Å². The maximum atomic E-state index is 12.3. The second-order valence-electron chi connectivity index (χ2n) is 7.06. The quantitative estimate of drug-likeness (QED) is 0.553. The molecule has 0 bridgehead atoms. The molecule has 7 nitrogen and oxygen atoms in total. The number of nitrogens with zero attached hydrogens (tertiary/aromatic N) is 1. The van der Waals surface area contributed by atoms with Crippen LogP contribution in [0.5, 0.6) is 0 Å². The van der Waals surface area contributed by atoms with E-state index >= 15 is 0 Å². The van der Waals surface area contributed by atoms with Crippen LogP contribution in [0.15, 0.2) is 54.6 Å². The number of rotatable bonds is 8. The van der Waals surface area contributed by atoms with Crippen LogP contribution in [0.25, 0.3) is 0 Å². The number of halogens is 2. The van der Waals surface area contributed by atoms with Gasteiger partial charge in [0, 0.05) is 49.9 Å². The lowest BCUT2D eigenvalue weighted by molar-refractivity contribution is -0.116. The van der Waals surface area contributed by atoms with Gasteiger partial charge in [-0.1, -0.05) is 30.3 Å². The van der Waals surface area contributed by atoms with Gasteiger partial charge in [0.1, 0.15) is 0 Å². The van der Waals surface area contributed by atoms with Crippen molar-refractivity contribution >= 4 is 42.3 Å². The molecular formula is C22H30Cl2N4O3. The number of amides is 2. The lowest BCUT2D eigenvalue weighted by Crippen LogP contribution is -2.41. The minimum atomic E-state index is -0.354. The average molecular weight is 469 g/mol. The number of ether oxygens (including phenoxy) is 1. The summed E-state index contributed by atoms with van der Waals surface area (Å²) in [5.74, 6) is -0.286. The third kappa shape index (κ3) is 8.85. The molecule has 3 rings (SSSR count). The molecule has 1 aliphatic heterocycles. The average Bonchev–Trinajstić information content (AvgIpc) is 2.75. The number of carbonyl (C=O) groups is 2. The molecule has 1 unspecified atom stereocenters. The highest BCUT2D eigenvalue weighted by atomic mass is 35.5. The number of benzene rings is 2. The molecule has 1 heterocycles. The summed E-state index contributed by atoms with van der Waals surface area (Å²) in [6, 6.07) is 16.0.